The summed E-state index contributed by atoms with van der Waals surface area (Å²) in [5.74, 6) is -1.21. The van der Waals surface area contributed by atoms with Crippen LogP contribution in [0.3, 0.4) is 0 Å². The van der Waals surface area contributed by atoms with E-state index in [1.54, 1.807) is 0 Å². The number of benzene rings is 1. The second kappa shape index (κ2) is 4.34. The van der Waals surface area contributed by atoms with Crippen LogP contribution < -0.4 is 0 Å². The fourth-order valence-electron chi connectivity index (χ4n) is 2.23. The van der Waals surface area contributed by atoms with Gasteiger partial charge in [0, 0.05) is 5.56 Å². The van der Waals surface area contributed by atoms with Gasteiger partial charge in [-0.05, 0) is 12.5 Å². The Bertz CT molecular complexity index is 608. The maximum atomic E-state index is 13.6. The van der Waals surface area contributed by atoms with Crippen LogP contribution in [0.4, 0.5) is 4.39 Å². The average molecular weight is 269 g/mol. The second-order valence-electron chi connectivity index (χ2n) is 4.53. The third kappa shape index (κ3) is 2.11. The maximum absolute atomic E-state index is 13.6. The van der Waals surface area contributed by atoms with Gasteiger partial charge in [-0.3, -0.25) is 0 Å². The van der Waals surface area contributed by atoms with Crippen molar-refractivity contribution in [2.24, 2.45) is 5.41 Å². The van der Waals surface area contributed by atoms with E-state index in [0.29, 0.717) is 0 Å². The number of rotatable bonds is 2. The van der Waals surface area contributed by atoms with Gasteiger partial charge in [0.25, 0.3) is 0 Å². The Balaban J connectivity index is 2.42. The summed E-state index contributed by atoms with van der Waals surface area (Å²) in [6.07, 6.45) is -1.40. The van der Waals surface area contributed by atoms with E-state index in [0.717, 1.165) is 0 Å². The number of sulfone groups is 1. The van der Waals surface area contributed by atoms with E-state index >= 15 is 0 Å². The molecule has 0 aliphatic carbocycles. The van der Waals surface area contributed by atoms with E-state index in [4.69, 9.17) is 0 Å². The lowest BCUT2D eigenvalue weighted by Gasteiger charge is -2.26. The van der Waals surface area contributed by atoms with Crippen LogP contribution in [0.5, 0.6) is 0 Å². The van der Waals surface area contributed by atoms with Crippen LogP contribution in [-0.2, 0) is 9.84 Å². The zero-order chi connectivity index (χ0) is 13.4. The summed E-state index contributed by atoms with van der Waals surface area (Å²) in [6.45, 7) is 0. The van der Waals surface area contributed by atoms with Crippen molar-refractivity contribution >= 4 is 9.84 Å². The molecule has 96 valence electrons. The van der Waals surface area contributed by atoms with Gasteiger partial charge >= 0.3 is 0 Å². The minimum Gasteiger partial charge on any atom is -0.387 e. The standard InChI is InChI=1S/C12H12FNO3S/c13-10-4-2-1-3-9(10)11(15)12(7-14)5-6-18(16,17)8-12/h1-4,11,15H,5-6,8H2. The molecule has 1 aliphatic rings. The first-order valence-electron chi connectivity index (χ1n) is 5.44. The molecule has 0 spiro atoms. The molecule has 0 bridgehead atoms. The second-order valence-corrected chi connectivity index (χ2v) is 6.72. The Morgan fingerprint density at radius 2 is 2.11 bits per heavy atom. The van der Waals surface area contributed by atoms with Crippen molar-refractivity contribution in [1.29, 1.82) is 5.26 Å². The van der Waals surface area contributed by atoms with Gasteiger partial charge < -0.3 is 5.11 Å². The third-order valence-electron chi connectivity index (χ3n) is 3.28. The number of aliphatic hydroxyl groups is 1. The van der Waals surface area contributed by atoms with Gasteiger partial charge in [-0.25, -0.2) is 12.8 Å². The molecule has 0 saturated carbocycles. The molecule has 1 heterocycles. The molecule has 2 atom stereocenters. The zero-order valence-corrected chi connectivity index (χ0v) is 10.3. The van der Waals surface area contributed by atoms with Crippen molar-refractivity contribution in [1.82, 2.24) is 0 Å². The molecule has 0 radical (unpaired) electrons. The fraction of sp³-hybridized carbons (Fsp3) is 0.417. The first kappa shape index (κ1) is 13.0. The minimum atomic E-state index is -3.34. The van der Waals surface area contributed by atoms with Crippen LogP contribution in [0.25, 0.3) is 0 Å². The molecule has 18 heavy (non-hydrogen) atoms. The van der Waals surface area contributed by atoms with Crippen LogP contribution in [0, 0.1) is 22.6 Å². The molecular formula is C12H12FNO3S. The number of aliphatic hydroxyl groups excluding tert-OH is 1. The van der Waals surface area contributed by atoms with Crippen LogP contribution in [0.2, 0.25) is 0 Å². The lowest BCUT2D eigenvalue weighted by molar-refractivity contribution is 0.0759. The highest BCUT2D eigenvalue weighted by molar-refractivity contribution is 7.91. The molecule has 0 amide bonds. The van der Waals surface area contributed by atoms with Crippen molar-refractivity contribution in [3.05, 3.63) is 35.6 Å². The highest BCUT2D eigenvalue weighted by Gasteiger charge is 2.49. The van der Waals surface area contributed by atoms with Gasteiger partial charge in [0.1, 0.15) is 17.3 Å². The predicted octanol–water partition coefficient (Wildman–Crippen LogP) is 1.19. The van der Waals surface area contributed by atoms with Gasteiger partial charge in [0.15, 0.2) is 9.84 Å². The normalized spacial score (nSPS) is 27.6. The molecule has 1 aliphatic heterocycles. The SMILES string of the molecule is N#CC1(C(O)c2ccccc2F)CCS(=O)(=O)C1. The smallest absolute Gasteiger partial charge is 0.152 e. The van der Waals surface area contributed by atoms with Gasteiger partial charge in [-0.2, -0.15) is 5.26 Å². The monoisotopic (exact) mass is 269 g/mol. The summed E-state index contributed by atoms with van der Waals surface area (Å²) in [5.41, 5.74) is -1.47. The molecule has 0 aromatic heterocycles. The molecular weight excluding hydrogens is 257 g/mol. The topological polar surface area (TPSA) is 78.2 Å². The number of nitriles is 1. The van der Waals surface area contributed by atoms with Crippen LogP contribution >= 0.6 is 0 Å². The first-order chi connectivity index (χ1) is 8.40. The Morgan fingerprint density at radius 1 is 1.44 bits per heavy atom. The summed E-state index contributed by atoms with van der Waals surface area (Å²) in [6, 6.07) is 7.41. The predicted molar refractivity (Wildman–Crippen MR) is 62.7 cm³/mol. The lowest BCUT2D eigenvalue weighted by Crippen LogP contribution is -2.29. The van der Waals surface area contributed by atoms with E-state index in [2.05, 4.69) is 0 Å². The molecule has 1 N–H and O–H groups in total. The summed E-state index contributed by atoms with van der Waals surface area (Å²) < 4.78 is 36.5. The van der Waals surface area contributed by atoms with Gasteiger partial charge in [-0.1, -0.05) is 18.2 Å². The molecule has 2 unspecified atom stereocenters. The fourth-order valence-corrected chi connectivity index (χ4v) is 4.21. The molecule has 2 rings (SSSR count). The van der Waals surface area contributed by atoms with E-state index in [1.807, 2.05) is 6.07 Å². The average Bonchev–Trinajstić information content (AvgIpc) is 2.66. The Hall–Kier alpha value is -1.45. The number of halogens is 1. The highest BCUT2D eigenvalue weighted by Crippen LogP contribution is 2.43. The largest absolute Gasteiger partial charge is 0.387 e. The summed E-state index contributed by atoms with van der Waals surface area (Å²) in [7, 11) is -3.34. The summed E-state index contributed by atoms with van der Waals surface area (Å²) >= 11 is 0. The molecule has 4 nitrogen and oxygen atoms in total. The maximum Gasteiger partial charge on any atom is 0.152 e. The minimum absolute atomic E-state index is 0.0291. The van der Waals surface area contributed by atoms with Crippen LogP contribution in [0.1, 0.15) is 18.1 Å². The van der Waals surface area contributed by atoms with Crippen molar-refractivity contribution in [3.63, 3.8) is 0 Å². The lowest BCUT2D eigenvalue weighted by atomic mass is 9.80. The zero-order valence-electron chi connectivity index (χ0n) is 9.51. The van der Waals surface area contributed by atoms with Crippen molar-refractivity contribution in [2.75, 3.05) is 11.5 Å². The Kier molecular flexibility index (Phi) is 3.13. The van der Waals surface area contributed by atoms with Crippen molar-refractivity contribution in [2.45, 2.75) is 12.5 Å². The number of nitrogens with zero attached hydrogens (tertiary/aromatic N) is 1. The Morgan fingerprint density at radius 3 is 2.61 bits per heavy atom. The molecule has 1 fully saturated rings. The van der Waals surface area contributed by atoms with E-state index in [-0.39, 0.29) is 17.7 Å². The molecule has 1 aromatic rings. The van der Waals surface area contributed by atoms with Gasteiger partial charge in [0.05, 0.1) is 17.6 Å². The van der Waals surface area contributed by atoms with Crippen LogP contribution in [-0.4, -0.2) is 25.0 Å². The molecule has 6 heteroatoms. The quantitative estimate of drug-likeness (QED) is 0.874. The van der Waals surface area contributed by atoms with Gasteiger partial charge in [-0.15, -0.1) is 0 Å². The van der Waals surface area contributed by atoms with E-state index in [1.165, 1.54) is 24.3 Å². The number of hydrogen-bond acceptors (Lipinski definition) is 4. The molecule has 1 aromatic carbocycles. The van der Waals surface area contributed by atoms with Crippen molar-refractivity contribution < 1.29 is 17.9 Å². The van der Waals surface area contributed by atoms with E-state index in [9.17, 15) is 23.2 Å². The number of hydrogen-bond donors (Lipinski definition) is 1. The molecule has 1 saturated heterocycles. The Labute approximate surface area is 105 Å². The van der Waals surface area contributed by atoms with E-state index < -0.39 is 32.9 Å². The van der Waals surface area contributed by atoms with Gasteiger partial charge in [0.2, 0.25) is 0 Å². The summed E-state index contributed by atoms with van der Waals surface area (Å²) in [5, 5.41) is 19.3. The third-order valence-corrected chi connectivity index (χ3v) is 5.06. The first-order valence-corrected chi connectivity index (χ1v) is 7.26. The highest BCUT2D eigenvalue weighted by atomic mass is 32.2. The van der Waals surface area contributed by atoms with Crippen LogP contribution in [0.15, 0.2) is 24.3 Å². The summed E-state index contributed by atoms with van der Waals surface area (Å²) in [4.78, 5) is 0. The van der Waals surface area contributed by atoms with Crippen molar-refractivity contribution in [3.8, 4) is 6.07 Å².